The van der Waals surface area contributed by atoms with Gasteiger partial charge in [0.1, 0.15) is 12.6 Å². The fourth-order valence-electron chi connectivity index (χ4n) is 2.30. The molecule has 1 atom stereocenters. The molecule has 0 aromatic heterocycles. The molecule has 0 fully saturated rings. The second-order valence-electron chi connectivity index (χ2n) is 4.87. The Hall–Kier alpha value is -2.57. The smallest absolute Gasteiger partial charge is 0.330 e. The van der Waals surface area contributed by atoms with Gasteiger partial charge in [-0.25, -0.2) is 4.79 Å². The van der Waals surface area contributed by atoms with E-state index in [-0.39, 0.29) is 19.8 Å². The zero-order chi connectivity index (χ0) is 16.8. The van der Waals surface area contributed by atoms with Crippen LogP contribution in [-0.4, -0.2) is 37.2 Å². The summed E-state index contributed by atoms with van der Waals surface area (Å²) in [6, 6.07) is 5.93. The second-order valence-corrected chi connectivity index (χ2v) is 4.87. The van der Waals surface area contributed by atoms with Crippen LogP contribution in [0, 0.1) is 5.92 Å². The first kappa shape index (κ1) is 16.8. The molecule has 7 heteroatoms. The van der Waals surface area contributed by atoms with E-state index in [0.717, 1.165) is 5.56 Å². The van der Waals surface area contributed by atoms with Crippen LogP contribution in [0.1, 0.15) is 19.4 Å². The quantitative estimate of drug-likeness (QED) is 0.496. The van der Waals surface area contributed by atoms with Gasteiger partial charge in [-0.05, 0) is 19.9 Å². The Balaban J connectivity index is 2.33. The zero-order valence-corrected chi connectivity index (χ0v) is 13.0. The molecule has 7 nitrogen and oxygen atoms in total. The van der Waals surface area contributed by atoms with Gasteiger partial charge in [0.25, 0.3) is 0 Å². The molecule has 1 heterocycles. The van der Waals surface area contributed by atoms with Crippen LogP contribution in [0.25, 0.3) is 0 Å². The predicted molar refractivity (Wildman–Crippen MR) is 80.4 cm³/mol. The highest BCUT2D eigenvalue weighted by Crippen LogP contribution is 2.25. The Labute approximate surface area is 133 Å². The third-order valence-corrected chi connectivity index (χ3v) is 3.37. The van der Waals surface area contributed by atoms with E-state index in [1.165, 1.54) is 0 Å². The maximum atomic E-state index is 12.2. The van der Waals surface area contributed by atoms with Crippen molar-refractivity contribution in [2.75, 3.05) is 18.5 Å². The van der Waals surface area contributed by atoms with E-state index in [1.54, 1.807) is 32.0 Å². The van der Waals surface area contributed by atoms with Gasteiger partial charge in [-0.2, -0.15) is 0 Å². The summed E-state index contributed by atoms with van der Waals surface area (Å²) < 4.78 is 15.0. The van der Waals surface area contributed by atoms with Crippen molar-refractivity contribution in [3.05, 3.63) is 29.8 Å². The minimum Gasteiger partial charge on any atom is -0.465 e. The number of fused-ring (bicyclic) bond motifs is 1. The SMILES string of the molecule is CCOC(=O)C(C(=O)OCC)C1Nc2ccccc2COC1=O. The molecule has 1 N–H and O–H groups in total. The van der Waals surface area contributed by atoms with Crippen LogP contribution in [0.15, 0.2) is 24.3 Å². The van der Waals surface area contributed by atoms with Crippen LogP contribution in [-0.2, 0) is 35.2 Å². The first-order valence-electron chi connectivity index (χ1n) is 7.42. The van der Waals surface area contributed by atoms with Crippen LogP contribution >= 0.6 is 0 Å². The lowest BCUT2D eigenvalue weighted by Crippen LogP contribution is -2.46. The van der Waals surface area contributed by atoms with E-state index in [0.29, 0.717) is 5.69 Å². The van der Waals surface area contributed by atoms with Crippen molar-refractivity contribution in [1.82, 2.24) is 0 Å². The zero-order valence-electron chi connectivity index (χ0n) is 13.0. The monoisotopic (exact) mass is 321 g/mol. The summed E-state index contributed by atoms with van der Waals surface area (Å²) in [5.41, 5.74) is 1.39. The molecule has 0 saturated heterocycles. The lowest BCUT2D eigenvalue weighted by molar-refractivity contribution is -0.167. The lowest BCUT2D eigenvalue weighted by Gasteiger charge is -2.22. The number of ether oxygens (including phenoxy) is 3. The number of hydrogen-bond acceptors (Lipinski definition) is 7. The van der Waals surface area contributed by atoms with Crippen LogP contribution in [0.5, 0.6) is 0 Å². The summed E-state index contributed by atoms with van der Waals surface area (Å²) >= 11 is 0. The van der Waals surface area contributed by atoms with Gasteiger partial charge in [-0.3, -0.25) is 9.59 Å². The fraction of sp³-hybridized carbons (Fsp3) is 0.438. The number of carbonyl (C=O) groups is 3. The standard InChI is InChI=1S/C16H19NO6/c1-3-21-14(18)12(15(19)22-4-2)13-16(20)23-9-10-7-5-6-8-11(10)17-13/h5-8,12-13,17H,3-4,9H2,1-2H3. The van der Waals surface area contributed by atoms with Crippen LogP contribution < -0.4 is 5.32 Å². The van der Waals surface area contributed by atoms with Crippen molar-refractivity contribution >= 4 is 23.6 Å². The molecular formula is C16H19NO6. The molecule has 0 saturated carbocycles. The molecule has 1 aromatic rings. The van der Waals surface area contributed by atoms with Crippen LogP contribution in [0.4, 0.5) is 5.69 Å². The average molecular weight is 321 g/mol. The van der Waals surface area contributed by atoms with E-state index >= 15 is 0 Å². The number of benzene rings is 1. The molecule has 1 aromatic carbocycles. The highest BCUT2D eigenvalue weighted by molar-refractivity contribution is 6.02. The van der Waals surface area contributed by atoms with Crippen molar-refractivity contribution in [2.45, 2.75) is 26.5 Å². The summed E-state index contributed by atoms with van der Waals surface area (Å²) in [4.78, 5) is 36.6. The number of para-hydroxylation sites is 1. The molecule has 0 aliphatic carbocycles. The van der Waals surface area contributed by atoms with Gasteiger partial charge < -0.3 is 19.5 Å². The second kappa shape index (κ2) is 7.62. The number of nitrogens with one attached hydrogen (secondary N) is 1. The van der Waals surface area contributed by atoms with E-state index in [2.05, 4.69) is 5.32 Å². The maximum Gasteiger partial charge on any atom is 0.330 e. The van der Waals surface area contributed by atoms with Gasteiger partial charge in [-0.15, -0.1) is 0 Å². The molecule has 1 unspecified atom stereocenters. The molecule has 0 radical (unpaired) electrons. The summed E-state index contributed by atoms with van der Waals surface area (Å²) in [5, 5.41) is 2.91. The molecular weight excluding hydrogens is 302 g/mol. The van der Waals surface area contributed by atoms with Gasteiger partial charge in [0, 0.05) is 11.3 Å². The van der Waals surface area contributed by atoms with Gasteiger partial charge >= 0.3 is 17.9 Å². The Morgan fingerprint density at radius 3 is 2.43 bits per heavy atom. The van der Waals surface area contributed by atoms with Gasteiger partial charge in [0.2, 0.25) is 0 Å². The number of cyclic esters (lactones) is 1. The highest BCUT2D eigenvalue weighted by Gasteiger charge is 2.44. The number of carbonyl (C=O) groups excluding carboxylic acids is 3. The van der Waals surface area contributed by atoms with Crippen LogP contribution in [0.2, 0.25) is 0 Å². The molecule has 1 aliphatic rings. The number of rotatable bonds is 5. The molecule has 0 bridgehead atoms. The Kier molecular flexibility index (Phi) is 5.56. The molecule has 0 amide bonds. The summed E-state index contributed by atoms with van der Waals surface area (Å²) in [7, 11) is 0. The Morgan fingerprint density at radius 1 is 1.22 bits per heavy atom. The first-order valence-corrected chi connectivity index (χ1v) is 7.42. The third kappa shape index (κ3) is 3.80. The molecule has 1 aliphatic heterocycles. The lowest BCUT2D eigenvalue weighted by atomic mass is 9.99. The first-order chi connectivity index (χ1) is 11.1. The normalized spacial score (nSPS) is 16.7. The van der Waals surface area contributed by atoms with Crippen molar-refractivity contribution in [2.24, 2.45) is 5.92 Å². The van der Waals surface area contributed by atoms with Crippen molar-refractivity contribution in [3.63, 3.8) is 0 Å². The van der Waals surface area contributed by atoms with Crippen molar-refractivity contribution in [3.8, 4) is 0 Å². The Bertz CT molecular complexity index is 582. The number of anilines is 1. The third-order valence-electron chi connectivity index (χ3n) is 3.37. The number of hydrogen-bond donors (Lipinski definition) is 1. The van der Waals surface area contributed by atoms with Crippen molar-refractivity contribution in [1.29, 1.82) is 0 Å². The van der Waals surface area contributed by atoms with Gasteiger partial charge in [0.05, 0.1) is 13.2 Å². The van der Waals surface area contributed by atoms with E-state index in [9.17, 15) is 14.4 Å². The average Bonchev–Trinajstić information content (AvgIpc) is 2.68. The Morgan fingerprint density at radius 2 is 1.83 bits per heavy atom. The maximum absolute atomic E-state index is 12.2. The molecule has 0 spiro atoms. The minimum atomic E-state index is -1.42. The van der Waals surface area contributed by atoms with Gasteiger partial charge in [0.15, 0.2) is 5.92 Å². The van der Waals surface area contributed by atoms with Gasteiger partial charge in [-0.1, -0.05) is 18.2 Å². The van der Waals surface area contributed by atoms with Crippen molar-refractivity contribution < 1.29 is 28.6 Å². The van der Waals surface area contributed by atoms with E-state index in [4.69, 9.17) is 14.2 Å². The van der Waals surface area contributed by atoms with E-state index < -0.39 is 29.9 Å². The number of esters is 3. The highest BCUT2D eigenvalue weighted by atomic mass is 16.6. The fourth-order valence-corrected chi connectivity index (χ4v) is 2.30. The summed E-state index contributed by atoms with van der Waals surface area (Å²) in [6.07, 6.45) is 0. The topological polar surface area (TPSA) is 90.9 Å². The molecule has 2 rings (SSSR count). The minimum absolute atomic E-state index is 0.0663. The van der Waals surface area contributed by atoms with Crippen LogP contribution in [0.3, 0.4) is 0 Å². The largest absolute Gasteiger partial charge is 0.465 e. The summed E-state index contributed by atoms with van der Waals surface area (Å²) in [6.45, 7) is 3.49. The van der Waals surface area contributed by atoms with E-state index in [1.807, 2.05) is 6.07 Å². The predicted octanol–water partition coefficient (Wildman–Crippen LogP) is 1.27. The molecule has 23 heavy (non-hydrogen) atoms. The summed E-state index contributed by atoms with van der Waals surface area (Å²) in [5.74, 6) is -3.76. The molecule has 124 valence electrons.